The molecule has 2 aromatic rings. The Morgan fingerprint density at radius 1 is 1.39 bits per heavy atom. The van der Waals surface area contributed by atoms with Gasteiger partial charge in [0.25, 0.3) is 0 Å². The van der Waals surface area contributed by atoms with Gasteiger partial charge in [-0.15, -0.1) is 0 Å². The van der Waals surface area contributed by atoms with Crippen molar-refractivity contribution in [3.8, 4) is 0 Å². The third-order valence-electron chi connectivity index (χ3n) is 2.64. The number of fused-ring (bicyclic) bond motifs is 1. The summed E-state index contributed by atoms with van der Waals surface area (Å²) in [5.74, 6) is 0. The predicted octanol–water partition coefficient (Wildman–Crippen LogP) is 2.45. The first kappa shape index (κ1) is 13.0. The van der Waals surface area contributed by atoms with Gasteiger partial charge >= 0.3 is 0 Å². The van der Waals surface area contributed by atoms with Gasteiger partial charge in [-0.25, -0.2) is 4.21 Å². The lowest BCUT2D eigenvalue weighted by Crippen LogP contribution is -2.19. The summed E-state index contributed by atoms with van der Waals surface area (Å²) in [6.07, 6.45) is 3.47. The van der Waals surface area contributed by atoms with Crippen LogP contribution in [-0.2, 0) is 18.0 Å². The Morgan fingerprint density at radius 2 is 2.11 bits per heavy atom. The van der Waals surface area contributed by atoms with Gasteiger partial charge in [0, 0.05) is 24.2 Å². The Morgan fingerprint density at radius 3 is 2.78 bits per heavy atom. The topological polar surface area (TPSA) is 47.2 Å². The average molecular weight is 263 g/mol. The lowest BCUT2D eigenvalue weighted by atomic mass is 10.1. The van der Waals surface area contributed by atoms with Crippen LogP contribution in [0.1, 0.15) is 26.3 Å². The minimum Gasteiger partial charge on any atom is -0.268 e. The molecule has 1 aromatic heterocycles. The van der Waals surface area contributed by atoms with E-state index < -0.39 is 11.0 Å². The lowest BCUT2D eigenvalue weighted by molar-refractivity contribution is 0.651. The normalized spacial score (nSPS) is 14.4. The third-order valence-corrected chi connectivity index (χ3v) is 3.98. The maximum absolute atomic E-state index is 11.9. The van der Waals surface area contributed by atoms with Crippen LogP contribution in [0.15, 0.2) is 28.8 Å². The van der Waals surface area contributed by atoms with Gasteiger partial charge in [-0.1, -0.05) is 12.1 Å². The van der Waals surface area contributed by atoms with Crippen molar-refractivity contribution in [2.45, 2.75) is 25.5 Å². The quantitative estimate of drug-likeness (QED) is 0.781. The van der Waals surface area contributed by atoms with Crippen molar-refractivity contribution in [3.63, 3.8) is 0 Å². The summed E-state index contributed by atoms with van der Waals surface area (Å²) < 4.78 is 17.5. The Balaban J connectivity index is 2.38. The highest BCUT2D eigenvalue weighted by atomic mass is 32.2. The van der Waals surface area contributed by atoms with Crippen LogP contribution in [0.4, 0.5) is 0 Å². The summed E-state index contributed by atoms with van der Waals surface area (Å²) in [7, 11) is 0.668. The second kappa shape index (κ2) is 4.65. The molecule has 5 heteroatoms. The van der Waals surface area contributed by atoms with E-state index >= 15 is 0 Å². The molecule has 0 aliphatic carbocycles. The van der Waals surface area contributed by atoms with Crippen LogP contribution < -0.4 is 0 Å². The monoisotopic (exact) mass is 263 g/mol. The largest absolute Gasteiger partial charge is 0.268 e. The molecule has 1 heterocycles. The van der Waals surface area contributed by atoms with Crippen LogP contribution in [0, 0.1) is 0 Å². The molecule has 0 amide bonds. The van der Waals surface area contributed by atoms with Crippen molar-refractivity contribution in [1.82, 2.24) is 9.78 Å². The highest BCUT2D eigenvalue weighted by Gasteiger charge is 2.18. The standard InChI is InChI=1S/C13H17N3OS/c1-13(2,3)18(17)15-8-10-6-5-7-12-11(10)9-14-16(12)4/h5-9H,1-4H3/b15-8-/t18-/m0/s1. The van der Waals surface area contributed by atoms with Gasteiger partial charge < -0.3 is 0 Å². The van der Waals surface area contributed by atoms with Gasteiger partial charge in [-0.2, -0.15) is 9.50 Å². The van der Waals surface area contributed by atoms with Gasteiger partial charge in [0.2, 0.25) is 0 Å². The number of aryl methyl sites for hydroxylation is 1. The van der Waals surface area contributed by atoms with Crippen LogP contribution in [0.3, 0.4) is 0 Å². The smallest absolute Gasteiger partial charge is 0.144 e. The maximum Gasteiger partial charge on any atom is 0.144 e. The van der Waals surface area contributed by atoms with Gasteiger partial charge in [0.05, 0.1) is 16.5 Å². The van der Waals surface area contributed by atoms with E-state index in [1.165, 1.54) is 0 Å². The Labute approximate surface area is 109 Å². The van der Waals surface area contributed by atoms with E-state index in [1.54, 1.807) is 12.4 Å². The highest BCUT2D eigenvalue weighted by molar-refractivity contribution is 7.85. The predicted molar refractivity (Wildman–Crippen MR) is 76.2 cm³/mol. The van der Waals surface area contributed by atoms with Crippen LogP contribution >= 0.6 is 0 Å². The SMILES string of the molecule is Cn1ncc2c(/C=N\[S@@](=O)C(C)(C)C)cccc21. The molecule has 0 aliphatic heterocycles. The lowest BCUT2D eigenvalue weighted by Gasteiger charge is -2.12. The molecule has 1 aromatic carbocycles. The van der Waals surface area contributed by atoms with Crippen molar-refractivity contribution < 1.29 is 4.21 Å². The molecule has 18 heavy (non-hydrogen) atoms. The molecule has 4 nitrogen and oxygen atoms in total. The first-order valence-corrected chi connectivity index (χ1v) is 6.87. The van der Waals surface area contributed by atoms with Gasteiger partial charge in [0.1, 0.15) is 11.0 Å². The van der Waals surface area contributed by atoms with E-state index in [-0.39, 0.29) is 4.75 Å². The number of benzene rings is 1. The zero-order chi connectivity index (χ0) is 13.3. The van der Waals surface area contributed by atoms with Crippen molar-refractivity contribution in [2.75, 3.05) is 0 Å². The fourth-order valence-electron chi connectivity index (χ4n) is 1.58. The van der Waals surface area contributed by atoms with E-state index in [9.17, 15) is 4.21 Å². The van der Waals surface area contributed by atoms with Crippen LogP contribution in [0.25, 0.3) is 10.9 Å². The molecular weight excluding hydrogens is 246 g/mol. The first-order valence-electron chi connectivity index (χ1n) is 5.76. The molecule has 96 valence electrons. The highest BCUT2D eigenvalue weighted by Crippen LogP contribution is 2.17. The summed E-state index contributed by atoms with van der Waals surface area (Å²) in [5.41, 5.74) is 1.98. The van der Waals surface area contributed by atoms with Crippen molar-refractivity contribution in [3.05, 3.63) is 30.0 Å². The number of hydrogen-bond donors (Lipinski definition) is 0. The van der Waals surface area contributed by atoms with E-state index in [4.69, 9.17) is 0 Å². The number of rotatable bonds is 2. The number of nitrogens with zero attached hydrogens (tertiary/aromatic N) is 3. The minimum absolute atomic E-state index is 0.334. The van der Waals surface area contributed by atoms with E-state index in [0.717, 1.165) is 16.5 Å². The molecule has 2 rings (SSSR count). The molecule has 0 radical (unpaired) electrons. The number of hydrogen-bond acceptors (Lipinski definition) is 2. The molecule has 0 spiro atoms. The molecule has 0 fully saturated rings. The fraction of sp³-hybridized carbons (Fsp3) is 0.385. The molecule has 0 saturated heterocycles. The Bertz CT molecular complexity index is 623. The van der Waals surface area contributed by atoms with Crippen LogP contribution in [-0.4, -0.2) is 25.0 Å². The molecule has 0 unspecified atom stereocenters. The summed E-state index contributed by atoms with van der Waals surface area (Å²) in [4.78, 5) is 0. The third kappa shape index (κ3) is 2.51. The molecule has 0 bridgehead atoms. The summed E-state index contributed by atoms with van der Waals surface area (Å²) in [5, 5.41) is 5.23. The van der Waals surface area contributed by atoms with E-state index in [1.807, 2.05) is 50.7 Å². The average Bonchev–Trinajstić information content (AvgIpc) is 2.67. The molecule has 0 N–H and O–H groups in total. The molecule has 1 atom stereocenters. The zero-order valence-corrected chi connectivity index (χ0v) is 11.9. The number of aromatic nitrogens is 2. The van der Waals surface area contributed by atoms with E-state index in [2.05, 4.69) is 9.50 Å². The molecule has 0 aliphatic rings. The first-order chi connectivity index (χ1) is 8.39. The van der Waals surface area contributed by atoms with Crippen molar-refractivity contribution >= 4 is 28.1 Å². The van der Waals surface area contributed by atoms with E-state index in [0.29, 0.717) is 0 Å². The van der Waals surface area contributed by atoms with Crippen LogP contribution in [0.5, 0.6) is 0 Å². The van der Waals surface area contributed by atoms with Gasteiger partial charge in [-0.3, -0.25) is 4.68 Å². The fourth-order valence-corrected chi connectivity index (χ4v) is 2.10. The van der Waals surface area contributed by atoms with Crippen molar-refractivity contribution in [1.29, 1.82) is 0 Å². The summed E-state index contributed by atoms with van der Waals surface area (Å²) >= 11 is 0. The maximum atomic E-state index is 11.9. The second-order valence-electron chi connectivity index (χ2n) is 5.14. The Hall–Kier alpha value is -1.49. The summed E-state index contributed by atoms with van der Waals surface area (Å²) in [6, 6.07) is 5.90. The Kier molecular flexibility index (Phi) is 3.34. The molecule has 0 saturated carbocycles. The van der Waals surface area contributed by atoms with Gasteiger partial charge in [0.15, 0.2) is 0 Å². The second-order valence-corrected chi connectivity index (χ2v) is 7.08. The summed E-state index contributed by atoms with van der Waals surface area (Å²) in [6.45, 7) is 5.72. The van der Waals surface area contributed by atoms with Crippen LogP contribution in [0.2, 0.25) is 0 Å². The van der Waals surface area contributed by atoms with Crippen molar-refractivity contribution in [2.24, 2.45) is 11.4 Å². The zero-order valence-electron chi connectivity index (χ0n) is 11.0. The molecular formula is C13H17N3OS. The minimum atomic E-state index is -1.23. The van der Waals surface area contributed by atoms with Gasteiger partial charge in [-0.05, 0) is 26.8 Å².